The Morgan fingerprint density at radius 3 is 3.19 bits per heavy atom. The number of fused-ring (bicyclic) bond motifs is 1. The molecule has 112 valence electrons. The van der Waals surface area contributed by atoms with Crippen molar-refractivity contribution in [2.75, 3.05) is 43.8 Å². The van der Waals surface area contributed by atoms with Gasteiger partial charge in [-0.3, -0.25) is 4.90 Å². The highest BCUT2D eigenvalue weighted by Crippen LogP contribution is 2.21. The van der Waals surface area contributed by atoms with Crippen LogP contribution in [0.15, 0.2) is 24.5 Å². The minimum absolute atomic E-state index is 0.185. The summed E-state index contributed by atoms with van der Waals surface area (Å²) in [7, 11) is 0. The summed E-state index contributed by atoms with van der Waals surface area (Å²) in [6.45, 7) is 6.73. The molecule has 1 unspecified atom stereocenters. The molecule has 1 aliphatic heterocycles. The highest BCUT2D eigenvalue weighted by Gasteiger charge is 2.19. The van der Waals surface area contributed by atoms with E-state index in [1.165, 1.54) is 0 Å². The Labute approximate surface area is 124 Å². The number of benzene rings is 1. The molecule has 0 spiro atoms. The number of nitrogens with two attached hydrogens (primary N) is 1. The molecule has 6 heteroatoms. The van der Waals surface area contributed by atoms with Crippen molar-refractivity contribution in [3.05, 3.63) is 24.5 Å². The van der Waals surface area contributed by atoms with Crippen LogP contribution in [-0.4, -0.2) is 53.8 Å². The molecule has 2 heterocycles. The van der Waals surface area contributed by atoms with E-state index in [9.17, 15) is 0 Å². The third kappa shape index (κ3) is 3.22. The predicted octanol–water partition coefficient (Wildman–Crippen LogP) is 1.34. The molecule has 1 atom stereocenters. The first-order valence-corrected chi connectivity index (χ1v) is 7.34. The van der Waals surface area contributed by atoms with Crippen LogP contribution in [0.1, 0.15) is 6.92 Å². The first-order chi connectivity index (χ1) is 10.3. The van der Waals surface area contributed by atoms with Crippen LogP contribution in [0.5, 0.6) is 0 Å². The Bertz CT molecular complexity index is 618. The molecule has 0 bridgehead atoms. The van der Waals surface area contributed by atoms with Crippen LogP contribution in [0.4, 0.5) is 11.5 Å². The van der Waals surface area contributed by atoms with Gasteiger partial charge in [-0.15, -0.1) is 0 Å². The number of ether oxygens (including phenoxy) is 1. The normalized spacial score (nSPS) is 19.8. The topological polar surface area (TPSA) is 76.3 Å². The van der Waals surface area contributed by atoms with Gasteiger partial charge in [0, 0.05) is 30.7 Å². The lowest BCUT2D eigenvalue weighted by atomic mass is 10.2. The quantitative estimate of drug-likeness (QED) is 0.827. The molecule has 1 aromatic carbocycles. The minimum atomic E-state index is 0.185. The fraction of sp³-hybridized carbons (Fsp3) is 0.467. The second-order valence-corrected chi connectivity index (χ2v) is 5.27. The van der Waals surface area contributed by atoms with Gasteiger partial charge in [-0.1, -0.05) is 6.92 Å². The Morgan fingerprint density at radius 2 is 2.33 bits per heavy atom. The molecule has 1 aromatic heterocycles. The van der Waals surface area contributed by atoms with Gasteiger partial charge in [0.1, 0.15) is 12.1 Å². The van der Waals surface area contributed by atoms with Crippen molar-refractivity contribution in [1.29, 1.82) is 0 Å². The van der Waals surface area contributed by atoms with Crippen molar-refractivity contribution >= 4 is 22.4 Å². The van der Waals surface area contributed by atoms with Crippen LogP contribution in [0.2, 0.25) is 0 Å². The third-order valence-electron chi connectivity index (χ3n) is 3.83. The van der Waals surface area contributed by atoms with E-state index in [0.29, 0.717) is 5.69 Å². The smallest absolute Gasteiger partial charge is 0.137 e. The van der Waals surface area contributed by atoms with E-state index in [2.05, 4.69) is 27.1 Å². The van der Waals surface area contributed by atoms with E-state index in [-0.39, 0.29) is 6.10 Å². The molecule has 0 radical (unpaired) electrons. The number of rotatable bonds is 4. The molecule has 0 saturated carbocycles. The largest absolute Gasteiger partial charge is 0.399 e. The molecular weight excluding hydrogens is 266 g/mol. The van der Waals surface area contributed by atoms with Gasteiger partial charge in [0.25, 0.3) is 0 Å². The lowest BCUT2D eigenvalue weighted by molar-refractivity contribution is -0.0192. The Kier molecular flexibility index (Phi) is 4.17. The van der Waals surface area contributed by atoms with E-state index < -0.39 is 0 Å². The number of morpholine rings is 1. The number of nitrogens with zero attached hydrogens (tertiary/aromatic N) is 3. The fourth-order valence-corrected chi connectivity index (χ4v) is 2.62. The average molecular weight is 287 g/mol. The maximum absolute atomic E-state index is 5.85. The molecule has 0 aliphatic carbocycles. The molecule has 1 aliphatic rings. The van der Waals surface area contributed by atoms with E-state index in [4.69, 9.17) is 10.5 Å². The molecule has 1 fully saturated rings. The zero-order valence-corrected chi connectivity index (χ0v) is 12.2. The average Bonchev–Trinajstić information content (AvgIpc) is 2.53. The number of likely N-dealkylation sites (N-methyl/N-ethyl adjacent to an activating group) is 1. The van der Waals surface area contributed by atoms with Crippen LogP contribution in [0.3, 0.4) is 0 Å². The van der Waals surface area contributed by atoms with E-state index in [0.717, 1.165) is 49.5 Å². The van der Waals surface area contributed by atoms with Gasteiger partial charge >= 0.3 is 0 Å². The summed E-state index contributed by atoms with van der Waals surface area (Å²) in [4.78, 5) is 11.0. The standard InChI is InChI=1S/C15H21N5O/c1-2-20-5-6-21-12(9-20)8-17-15-13-7-11(16)3-4-14(13)18-10-19-15/h3-4,7,10,12H,2,5-6,8-9,16H2,1H3,(H,17,18,19). The maximum Gasteiger partial charge on any atom is 0.137 e. The van der Waals surface area contributed by atoms with Crippen molar-refractivity contribution in [3.8, 4) is 0 Å². The van der Waals surface area contributed by atoms with Gasteiger partial charge in [0.15, 0.2) is 0 Å². The fourth-order valence-electron chi connectivity index (χ4n) is 2.62. The molecule has 0 amide bonds. The predicted molar refractivity (Wildman–Crippen MR) is 84.3 cm³/mol. The highest BCUT2D eigenvalue weighted by molar-refractivity contribution is 5.91. The summed E-state index contributed by atoms with van der Waals surface area (Å²) >= 11 is 0. The van der Waals surface area contributed by atoms with Gasteiger partial charge < -0.3 is 15.8 Å². The van der Waals surface area contributed by atoms with Gasteiger partial charge in [-0.05, 0) is 24.7 Å². The number of hydrogen-bond donors (Lipinski definition) is 2. The summed E-state index contributed by atoms with van der Waals surface area (Å²) in [5, 5.41) is 4.32. The SMILES string of the molecule is CCN1CCOC(CNc2ncnc3ccc(N)cc23)C1. The van der Waals surface area contributed by atoms with Crippen molar-refractivity contribution in [2.45, 2.75) is 13.0 Å². The number of aromatic nitrogens is 2. The van der Waals surface area contributed by atoms with E-state index in [1.807, 2.05) is 18.2 Å². The van der Waals surface area contributed by atoms with Crippen LogP contribution in [0.25, 0.3) is 10.9 Å². The number of nitrogens with one attached hydrogen (secondary N) is 1. The molecule has 3 N–H and O–H groups in total. The van der Waals surface area contributed by atoms with Gasteiger partial charge in [0.2, 0.25) is 0 Å². The minimum Gasteiger partial charge on any atom is -0.399 e. The second kappa shape index (κ2) is 6.24. The lowest BCUT2D eigenvalue weighted by Crippen LogP contribution is -2.45. The van der Waals surface area contributed by atoms with Crippen molar-refractivity contribution in [3.63, 3.8) is 0 Å². The molecule has 1 saturated heterocycles. The molecule has 6 nitrogen and oxygen atoms in total. The van der Waals surface area contributed by atoms with Gasteiger partial charge in [-0.2, -0.15) is 0 Å². The number of anilines is 2. The highest BCUT2D eigenvalue weighted by atomic mass is 16.5. The van der Waals surface area contributed by atoms with Gasteiger partial charge in [0.05, 0.1) is 18.2 Å². The number of hydrogen-bond acceptors (Lipinski definition) is 6. The van der Waals surface area contributed by atoms with Gasteiger partial charge in [-0.25, -0.2) is 9.97 Å². The second-order valence-electron chi connectivity index (χ2n) is 5.27. The summed E-state index contributed by atoms with van der Waals surface area (Å²) in [6.07, 6.45) is 1.76. The van der Waals surface area contributed by atoms with Crippen molar-refractivity contribution in [2.24, 2.45) is 0 Å². The number of nitrogen functional groups attached to an aromatic ring is 1. The van der Waals surface area contributed by atoms with Crippen molar-refractivity contribution in [1.82, 2.24) is 14.9 Å². The third-order valence-corrected chi connectivity index (χ3v) is 3.83. The van der Waals surface area contributed by atoms with Crippen LogP contribution in [0, 0.1) is 0 Å². The van der Waals surface area contributed by atoms with Crippen LogP contribution < -0.4 is 11.1 Å². The molecular formula is C15H21N5O. The Morgan fingerprint density at radius 1 is 1.43 bits per heavy atom. The molecule has 2 aromatic rings. The summed E-state index contributed by atoms with van der Waals surface area (Å²) in [5.74, 6) is 0.810. The molecule has 21 heavy (non-hydrogen) atoms. The zero-order valence-electron chi connectivity index (χ0n) is 12.2. The Balaban J connectivity index is 1.71. The van der Waals surface area contributed by atoms with E-state index in [1.54, 1.807) is 6.33 Å². The summed E-state index contributed by atoms with van der Waals surface area (Å²) in [5.41, 5.74) is 7.46. The lowest BCUT2D eigenvalue weighted by Gasteiger charge is -2.32. The first-order valence-electron chi connectivity index (χ1n) is 7.34. The summed E-state index contributed by atoms with van der Waals surface area (Å²) < 4.78 is 5.80. The molecule has 3 rings (SSSR count). The first kappa shape index (κ1) is 14.0. The summed E-state index contributed by atoms with van der Waals surface area (Å²) in [6, 6.07) is 5.66. The van der Waals surface area contributed by atoms with Crippen molar-refractivity contribution < 1.29 is 4.74 Å². The van der Waals surface area contributed by atoms with Crippen LogP contribution >= 0.6 is 0 Å². The zero-order chi connectivity index (χ0) is 14.7. The van der Waals surface area contributed by atoms with Crippen LogP contribution in [-0.2, 0) is 4.74 Å². The van der Waals surface area contributed by atoms with E-state index >= 15 is 0 Å². The monoisotopic (exact) mass is 287 g/mol. The maximum atomic E-state index is 5.85. The Hall–Kier alpha value is -1.92.